The predicted octanol–water partition coefficient (Wildman–Crippen LogP) is 2.62. The zero-order chi connectivity index (χ0) is 14.8. The fourth-order valence-electron chi connectivity index (χ4n) is 1.55. The van der Waals surface area contributed by atoms with Crippen molar-refractivity contribution in [1.82, 2.24) is 4.72 Å². The van der Waals surface area contributed by atoms with Crippen molar-refractivity contribution in [3.8, 4) is 11.5 Å². The first-order valence-electron chi connectivity index (χ1n) is 5.69. The van der Waals surface area contributed by atoms with Gasteiger partial charge in [-0.25, -0.2) is 13.1 Å². The summed E-state index contributed by atoms with van der Waals surface area (Å²) in [5.74, 6) is 0.790. The van der Waals surface area contributed by atoms with Crippen LogP contribution < -0.4 is 15.2 Å². The molecule has 3 N–H and O–H groups in total. The van der Waals surface area contributed by atoms with Gasteiger partial charge in [-0.2, -0.15) is 0 Å². The number of nitrogens with one attached hydrogen (secondary N) is 1. The molecule has 106 valence electrons. The van der Waals surface area contributed by atoms with Gasteiger partial charge in [-0.05, 0) is 37.4 Å². The van der Waals surface area contributed by atoms with Gasteiger partial charge in [0.15, 0.2) is 0 Å². The maximum absolute atomic E-state index is 11.6. The van der Waals surface area contributed by atoms with Crippen LogP contribution >= 0.6 is 11.6 Å². The van der Waals surface area contributed by atoms with E-state index in [0.717, 1.165) is 0 Å². The molecule has 0 aliphatic carbocycles. The van der Waals surface area contributed by atoms with Crippen molar-refractivity contribution in [2.75, 3.05) is 12.8 Å². The van der Waals surface area contributed by atoms with E-state index in [9.17, 15) is 8.42 Å². The number of halogens is 1. The zero-order valence-electron chi connectivity index (χ0n) is 10.6. The molecule has 0 fully saturated rings. The number of ether oxygens (including phenoxy) is 1. The molecule has 0 aliphatic heterocycles. The lowest BCUT2D eigenvalue weighted by Crippen LogP contribution is -2.18. The fraction of sp³-hybridized carbons (Fsp3) is 0.0769. The molecule has 2 aromatic rings. The summed E-state index contributed by atoms with van der Waals surface area (Å²) in [6, 6.07) is 11.2. The minimum Gasteiger partial charge on any atom is -0.454 e. The fourth-order valence-corrected chi connectivity index (χ4v) is 2.49. The van der Waals surface area contributed by atoms with E-state index in [0.29, 0.717) is 16.5 Å². The highest BCUT2D eigenvalue weighted by atomic mass is 35.5. The smallest absolute Gasteiger partial charge is 0.240 e. The first kappa shape index (κ1) is 14.6. The number of nitrogen functional groups attached to an aromatic ring is 1. The van der Waals surface area contributed by atoms with Crippen LogP contribution in [0.5, 0.6) is 11.5 Å². The first-order valence-corrected chi connectivity index (χ1v) is 7.55. The number of sulfonamides is 1. The highest BCUT2D eigenvalue weighted by Crippen LogP contribution is 2.33. The van der Waals surface area contributed by atoms with Crippen molar-refractivity contribution in [3.63, 3.8) is 0 Å². The van der Waals surface area contributed by atoms with Gasteiger partial charge < -0.3 is 10.5 Å². The molecule has 2 rings (SSSR count). The van der Waals surface area contributed by atoms with Gasteiger partial charge in [0.1, 0.15) is 11.5 Å². The van der Waals surface area contributed by atoms with E-state index in [2.05, 4.69) is 4.72 Å². The van der Waals surface area contributed by atoms with E-state index in [-0.39, 0.29) is 10.6 Å². The van der Waals surface area contributed by atoms with Gasteiger partial charge in [0.25, 0.3) is 0 Å². The van der Waals surface area contributed by atoms with Crippen molar-refractivity contribution in [1.29, 1.82) is 0 Å². The number of rotatable bonds is 4. The van der Waals surface area contributed by atoms with E-state index < -0.39 is 10.0 Å². The maximum atomic E-state index is 11.6. The molecule has 0 unspecified atom stereocenters. The number of para-hydroxylation sites is 1. The van der Waals surface area contributed by atoms with Gasteiger partial charge in [-0.3, -0.25) is 0 Å². The van der Waals surface area contributed by atoms with Crippen LogP contribution in [0.3, 0.4) is 0 Å². The Morgan fingerprint density at radius 2 is 1.85 bits per heavy atom. The number of hydrogen-bond donors (Lipinski definition) is 2. The highest BCUT2D eigenvalue weighted by molar-refractivity contribution is 7.89. The van der Waals surface area contributed by atoms with Crippen molar-refractivity contribution in [3.05, 3.63) is 47.5 Å². The standard InChI is InChI=1S/C13H13ClN2O3S/c1-16-20(17,18)9-6-7-13(11(15)8-9)19-12-5-3-2-4-10(12)14/h2-8,16H,15H2,1H3. The largest absolute Gasteiger partial charge is 0.454 e. The third kappa shape index (κ3) is 3.04. The summed E-state index contributed by atoms with van der Waals surface area (Å²) in [6.07, 6.45) is 0. The molecule has 2 aromatic carbocycles. The molecule has 0 atom stereocenters. The Labute approximate surface area is 122 Å². The Bertz CT molecular complexity index is 732. The lowest BCUT2D eigenvalue weighted by Gasteiger charge is -2.11. The van der Waals surface area contributed by atoms with Crippen LogP contribution in [0.25, 0.3) is 0 Å². The molecule has 0 saturated heterocycles. The Balaban J connectivity index is 2.34. The highest BCUT2D eigenvalue weighted by Gasteiger charge is 2.14. The summed E-state index contributed by atoms with van der Waals surface area (Å²) in [4.78, 5) is 0.0732. The van der Waals surface area contributed by atoms with Crippen LogP contribution in [0.15, 0.2) is 47.4 Å². The normalized spacial score (nSPS) is 11.3. The lowest BCUT2D eigenvalue weighted by atomic mass is 10.3. The number of nitrogens with two attached hydrogens (primary N) is 1. The maximum Gasteiger partial charge on any atom is 0.240 e. The SMILES string of the molecule is CNS(=O)(=O)c1ccc(Oc2ccccc2Cl)c(N)c1. The summed E-state index contributed by atoms with van der Waals surface area (Å²) < 4.78 is 31.1. The average Bonchev–Trinajstić information content (AvgIpc) is 2.43. The molecule has 0 radical (unpaired) electrons. The quantitative estimate of drug-likeness (QED) is 0.850. The van der Waals surface area contributed by atoms with Gasteiger partial charge in [0, 0.05) is 0 Å². The van der Waals surface area contributed by atoms with Crippen molar-refractivity contribution >= 4 is 27.3 Å². The van der Waals surface area contributed by atoms with Crippen LogP contribution in [0.4, 0.5) is 5.69 Å². The zero-order valence-corrected chi connectivity index (χ0v) is 12.2. The molecule has 0 amide bonds. The molecule has 0 spiro atoms. The topological polar surface area (TPSA) is 81.4 Å². The number of anilines is 1. The van der Waals surface area contributed by atoms with Crippen LogP contribution in [-0.2, 0) is 10.0 Å². The molecule has 0 saturated carbocycles. The Morgan fingerprint density at radius 3 is 2.45 bits per heavy atom. The van der Waals surface area contributed by atoms with Crippen LogP contribution in [0, 0.1) is 0 Å². The Morgan fingerprint density at radius 1 is 1.15 bits per heavy atom. The Kier molecular flexibility index (Phi) is 4.17. The minimum absolute atomic E-state index is 0.0732. The minimum atomic E-state index is -3.53. The van der Waals surface area contributed by atoms with Crippen molar-refractivity contribution in [2.45, 2.75) is 4.90 Å². The third-order valence-corrected chi connectivity index (χ3v) is 4.34. The van der Waals surface area contributed by atoms with Crippen molar-refractivity contribution < 1.29 is 13.2 Å². The molecule has 0 bridgehead atoms. The van der Waals surface area contributed by atoms with Crippen LogP contribution in [-0.4, -0.2) is 15.5 Å². The molecule has 0 aliphatic rings. The monoisotopic (exact) mass is 312 g/mol. The lowest BCUT2D eigenvalue weighted by molar-refractivity contribution is 0.485. The molecular formula is C13H13ClN2O3S. The van der Waals surface area contributed by atoms with Gasteiger partial charge in [-0.15, -0.1) is 0 Å². The van der Waals surface area contributed by atoms with Gasteiger partial charge in [0.2, 0.25) is 10.0 Å². The molecule has 0 heterocycles. The van der Waals surface area contributed by atoms with Crippen LogP contribution in [0.1, 0.15) is 0 Å². The van der Waals surface area contributed by atoms with Crippen molar-refractivity contribution in [2.24, 2.45) is 0 Å². The van der Waals surface area contributed by atoms with E-state index in [1.54, 1.807) is 24.3 Å². The summed E-state index contributed by atoms with van der Waals surface area (Å²) >= 11 is 5.98. The molecule has 20 heavy (non-hydrogen) atoms. The van der Waals surface area contributed by atoms with E-state index in [1.807, 2.05) is 0 Å². The predicted molar refractivity (Wildman–Crippen MR) is 78.6 cm³/mol. The first-order chi connectivity index (χ1) is 9.44. The van der Waals surface area contributed by atoms with Gasteiger partial charge >= 0.3 is 0 Å². The number of benzene rings is 2. The van der Waals surface area contributed by atoms with E-state index in [1.165, 1.54) is 25.2 Å². The average molecular weight is 313 g/mol. The summed E-state index contributed by atoms with van der Waals surface area (Å²) in [6.45, 7) is 0. The summed E-state index contributed by atoms with van der Waals surface area (Å²) in [7, 11) is -2.20. The molecule has 7 heteroatoms. The Hall–Kier alpha value is -1.76. The summed E-state index contributed by atoms with van der Waals surface area (Å²) in [5, 5.41) is 0.443. The van der Waals surface area contributed by atoms with Gasteiger partial charge in [-0.1, -0.05) is 23.7 Å². The van der Waals surface area contributed by atoms with Gasteiger partial charge in [0.05, 0.1) is 15.6 Å². The van der Waals surface area contributed by atoms with E-state index >= 15 is 0 Å². The second-order valence-corrected chi connectivity index (χ2v) is 6.23. The molecule has 0 aromatic heterocycles. The van der Waals surface area contributed by atoms with Crippen LogP contribution in [0.2, 0.25) is 5.02 Å². The molecule has 5 nitrogen and oxygen atoms in total. The second-order valence-electron chi connectivity index (χ2n) is 3.94. The third-order valence-electron chi connectivity index (χ3n) is 2.62. The second kappa shape index (κ2) is 5.70. The van der Waals surface area contributed by atoms with E-state index in [4.69, 9.17) is 22.1 Å². The number of hydrogen-bond acceptors (Lipinski definition) is 4. The summed E-state index contributed by atoms with van der Waals surface area (Å²) in [5.41, 5.74) is 6.02. The molecular weight excluding hydrogens is 300 g/mol.